The van der Waals surface area contributed by atoms with E-state index in [4.69, 9.17) is 4.42 Å². The van der Waals surface area contributed by atoms with Crippen LogP contribution in [0.3, 0.4) is 0 Å². The van der Waals surface area contributed by atoms with Gasteiger partial charge in [-0.3, -0.25) is 9.59 Å². The molecule has 1 aromatic heterocycles. The SMILES string of the molecule is Cc1cc(C(=O)NCCc2ccc(C)o2)cc(C(=O)N[C@@](C)(c2ccccc2)[C@H](O)CNCCc2ccccc2)c1. The van der Waals surface area contributed by atoms with Crippen molar-refractivity contribution < 1.29 is 19.1 Å². The molecule has 7 heteroatoms. The third-order valence-corrected chi connectivity index (χ3v) is 7.24. The summed E-state index contributed by atoms with van der Waals surface area (Å²) in [4.78, 5) is 26.5. The number of nitrogens with one attached hydrogen (secondary N) is 3. The van der Waals surface area contributed by atoms with Gasteiger partial charge in [0, 0.05) is 30.6 Å². The highest BCUT2D eigenvalue weighted by molar-refractivity contribution is 6.00. The molecule has 4 N–H and O–H groups in total. The Kier molecular flexibility index (Phi) is 10.1. The fourth-order valence-corrected chi connectivity index (χ4v) is 4.83. The largest absolute Gasteiger partial charge is 0.466 e. The zero-order valence-electron chi connectivity index (χ0n) is 23.9. The number of aryl methyl sites for hydroxylation is 2. The van der Waals surface area contributed by atoms with Crippen LogP contribution in [-0.4, -0.2) is 42.7 Å². The van der Waals surface area contributed by atoms with Gasteiger partial charge in [-0.1, -0.05) is 60.7 Å². The maximum atomic E-state index is 13.6. The highest BCUT2D eigenvalue weighted by Gasteiger charge is 2.36. The van der Waals surface area contributed by atoms with Crippen molar-refractivity contribution in [1.29, 1.82) is 0 Å². The number of carbonyl (C=O) groups excluding carboxylic acids is 2. The molecular formula is C34H39N3O4. The average molecular weight is 554 g/mol. The van der Waals surface area contributed by atoms with Crippen LogP contribution in [0, 0.1) is 13.8 Å². The van der Waals surface area contributed by atoms with Gasteiger partial charge >= 0.3 is 0 Å². The van der Waals surface area contributed by atoms with Crippen LogP contribution in [0.5, 0.6) is 0 Å². The monoisotopic (exact) mass is 553 g/mol. The van der Waals surface area contributed by atoms with Crippen molar-refractivity contribution in [1.82, 2.24) is 16.0 Å². The van der Waals surface area contributed by atoms with Crippen molar-refractivity contribution in [2.24, 2.45) is 0 Å². The van der Waals surface area contributed by atoms with E-state index >= 15 is 0 Å². The standard InChI is InChI=1S/C34H39N3O4/c1-24-20-27(32(39)36-19-17-30-15-14-25(2)41-30)22-28(21-24)33(40)37-34(3,29-12-8-5-9-13-29)31(38)23-35-18-16-26-10-6-4-7-11-26/h4-15,20-22,31,35,38H,16-19,23H2,1-3H3,(H,36,39)(H,37,40)/t31-,34+/m1/s1. The molecule has 1 heterocycles. The summed E-state index contributed by atoms with van der Waals surface area (Å²) in [5.41, 5.74) is 2.45. The van der Waals surface area contributed by atoms with Gasteiger partial charge < -0.3 is 25.5 Å². The van der Waals surface area contributed by atoms with E-state index in [9.17, 15) is 14.7 Å². The molecule has 0 spiro atoms. The van der Waals surface area contributed by atoms with Gasteiger partial charge in [0.1, 0.15) is 11.5 Å². The molecule has 0 saturated carbocycles. The Balaban J connectivity index is 1.43. The zero-order valence-corrected chi connectivity index (χ0v) is 23.9. The summed E-state index contributed by atoms with van der Waals surface area (Å²) in [6, 6.07) is 28.5. The van der Waals surface area contributed by atoms with E-state index in [0.717, 1.165) is 29.1 Å². The lowest BCUT2D eigenvalue weighted by Crippen LogP contribution is -2.55. The second-order valence-corrected chi connectivity index (χ2v) is 10.6. The third kappa shape index (κ3) is 8.16. The predicted molar refractivity (Wildman–Crippen MR) is 161 cm³/mol. The predicted octanol–water partition coefficient (Wildman–Crippen LogP) is 4.71. The maximum Gasteiger partial charge on any atom is 0.252 e. The molecule has 4 rings (SSSR count). The Hall–Kier alpha value is -4.20. The van der Waals surface area contributed by atoms with Gasteiger partial charge in [-0.2, -0.15) is 0 Å². The topological polar surface area (TPSA) is 104 Å². The summed E-state index contributed by atoms with van der Waals surface area (Å²) in [5.74, 6) is 1.000. The third-order valence-electron chi connectivity index (χ3n) is 7.24. The molecule has 0 bridgehead atoms. The second-order valence-electron chi connectivity index (χ2n) is 10.6. The summed E-state index contributed by atoms with van der Waals surface area (Å²) in [6.07, 6.45) is 0.491. The van der Waals surface area contributed by atoms with Crippen molar-refractivity contribution in [3.63, 3.8) is 0 Å². The van der Waals surface area contributed by atoms with Crippen LogP contribution in [0.2, 0.25) is 0 Å². The number of benzene rings is 3. The van der Waals surface area contributed by atoms with E-state index in [0.29, 0.717) is 30.6 Å². The first-order valence-electron chi connectivity index (χ1n) is 14.0. The van der Waals surface area contributed by atoms with Crippen molar-refractivity contribution in [3.05, 3.63) is 130 Å². The minimum atomic E-state index is -1.08. The van der Waals surface area contributed by atoms with Crippen molar-refractivity contribution in [2.45, 2.75) is 45.3 Å². The number of aliphatic hydroxyl groups is 1. The Labute approximate surface area is 242 Å². The Morgan fingerprint density at radius 2 is 1.49 bits per heavy atom. The molecular weight excluding hydrogens is 514 g/mol. The van der Waals surface area contributed by atoms with E-state index in [1.54, 1.807) is 18.2 Å². The minimum Gasteiger partial charge on any atom is -0.466 e. The smallest absolute Gasteiger partial charge is 0.252 e. The summed E-state index contributed by atoms with van der Waals surface area (Å²) in [6.45, 7) is 6.94. The van der Waals surface area contributed by atoms with E-state index in [1.165, 1.54) is 5.56 Å². The van der Waals surface area contributed by atoms with Crippen molar-refractivity contribution in [3.8, 4) is 0 Å². The second kappa shape index (κ2) is 13.9. The van der Waals surface area contributed by atoms with Gasteiger partial charge in [-0.05, 0) is 80.8 Å². The maximum absolute atomic E-state index is 13.6. The number of hydrogen-bond acceptors (Lipinski definition) is 5. The van der Waals surface area contributed by atoms with Gasteiger partial charge in [0.15, 0.2) is 0 Å². The summed E-state index contributed by atoms with van der Waals surface area (Å²) in [5, 5.41) is 20.7. The number of carbonyl (C=O) groups is 2. The van der Waals surface area contributed by atoms with Crippen LogP contribution in [0.4, 0.5) is 0 Å². The summed E-state index contributed by atoms with van der Waals surface area (Å²) in [7, 11) is 0. The normalized spacial score (nSPS) is 13.3. The van der Waals surface area contributed by atoms with Crippen LogP contribution in [0.1, 0.15) is 55.9 Å². The fraction of sp³-hybridized carbons (Fsp3) is 0.294. The molecule has 41 heavy (non-hydrogen) atoms. The van der Waals surface area contributed by atoms with E-state index in [2.05, 4.69) is 28.1 Å². The highest BCUT2D eigenvalue weighted by atomic mass is 16.3. The Bertz CT molecular complexity index is 1430. The molecule has 0 aliphatic heterocycles. The molecule has 2 amide bonds. The van der Waals surface area contributed by atoms with Gasteiger partial charge in [0.2, 0.25) is 0 Å². The Morgan fingerprint density at radius 3 is 2.15 bits per heavy atom. The quantitative estimate of drug-likeness (QED) is 0.180. The molecule has 0 unspecified atom stereocenters. The van der Waals surface area contributed by atoms with Crippen LogP contribution in [0.15, 0.2) is 95.4 Å². The van der Waals surface area contributed by atoms with E-state index in [1.807, 2.05) is 81.4 Å². The molecule has 2 atom stereocenters. The first-order valence-corrected chi connectivity index (χ1v) is 14.0. The number of hydrogen-bond donors (Lipinski definition) is 4. The lowest BCUT2D eigenvalue weighted by Gasteiger charge is -2.36. The number of amides is 2. The Morgan fingerprint density at radius 1 is 0.829 bits per heavy atom. The fourth-order valence-electron chi connectivity index (χ4n) is 4.83. The molecule has 4 aromatic rings. The molecule has 0 radical (unpaired) electrons. The van der Waals surface area contributed by atoms with Gasteiger partial charge in [0.05, 0.1) is 11.6 Å². The van der Waals surface area contributed by atoms with E-state index < -0.39 is 11.6 Å². The molecule has 214 valence electrons. The number of rotatable bonds is 13. The van der Waals surface area contributed by atoms with Crippen LogP contribution in [0.25, 0.3) is 0 Å². The average Bonchev–Trinajstić information content (AvgIpc) is 3.40. The minimum absolute atomic E-state index is 0.264. The molecule has 0 fully saturated rings. The van der Waals surface area contributed by atoms with Crippen LogP contribution >= 0.6 is 0 Å². The summed E-state index contributed by atoms with van der Waals surface area (Å²) < 4.78 is 5.56. The van der Waals surface area contributed by atoms with Crippen molar-refractivity contribution in [2.75, 3.05) is 19.6 Å². The summed E-state index contributed by atoms with van der Waals surface area (Å²) >= 11 is 0. The molecule has 7 nitrogen and oxygen atoms in total. The van der Waals surface area contributed by atoms with Crippen LogP contribution < -0.4 is 16.0 Å². The molecule has 0 aliphatic rings. The molecule has 0 aliphatic carbocycles. The van der Waals surface area contributed by atoms with Crippen LogP contribution in [-0.2, 0) is 18.4 Å². The van der Waals surface area contributed by atoms with Crippen molar-refractivity contribution >= 4 is 11.8 Å². The molecule has 3 aromatic carbocycles. The van der Waals surface area contributed by atoms with E-state index in [-0.39, 0.29) is 18.4 Å². The molecule has 0 saturated heterocycles. The highest BCUT2D eigenvalue weighted by Crippen LogP contribution is 2.26. The lowest BCUT2D eigenvalue weighted by molar-refractivity contribution is 0.0557. The van der Waals surface area contributed by atoms with Gasteiger partial charge in [0.25, 0.3) is 11.8 Å². The zero-order chi connectivity index (χ0) is 29.2. The number of aliphatic hydroxyl groups excluding tert-OH is 1. The first-order chi connectivity index (χ1) is 19.7. The lowest BCUT2D eigenvalue weighted by atomic mass is 9.85. The van der Waals surface area contributed by atoms with Gasteiger partial charge in [-0.15, -0.1) is 0 Å². The first kappa shape index (κ1) is 29.8. The van der Waals surface area contributed by atoms with Gasteiger partial charge in [-0.25, -0.2) is 0 Å². The number of furan rings is 1.